The lowest BCUT2D eigenvalue weighted by atomic mass is 10.3. The van der Waals surface area contributed by atoms with Gasteiger partial charge < -0.3 is 10.5 Å². The molecular formula is C12H14BrNO2S. The Morgan fingerprint density at radius 1 is 1.59 bits per heavy atom. The van der Waals surface area contributed by atoms with Gasteiger partial charge in [-0.1, -0.05) is 22.0 Å². The highest BCUT2D eigenvalue weighted by Crippen LogP contribution is 2.28. The van der Waals surface area contributed by atoms with Gasteiger partial charge in [0.25, 0.3) is 0 Å². The molecule has 0 spiro atoms. The Hall–Kier alpha value is -0.940. The second-order valence-electron chi connectivity index (χ2n) is 3.15. The molecule has 0 radical (unpaired) electrons. The largest absolute Gasteiger partial charge is 0.463 e. The number of benzene rings is 1. The molecule has 92 valence electrons. The van der Waals surface area contributed by atoms with E-state index in [-0.39, 0.29) is 5.97 Å². The lowest BCUT2D eigenvalue weighted by molar-refractivity contribution is -0.137. The average Bonchev–Trinajstić information content (AvgIpc) is 2.29. The van der Waals surface area contributed by atoms with Crippen molar-refractivity contribution in [2.24, 2.45) is 0 Å². The summed E-state index contributed by atoms with van der Waals surface area (Å²) in [5, 5.41) is 0. The van der Waals surface area contributed by atoms with Crippen molar-refractivity contribution < 1.29 is 9.53 Å². The van der Waals surface area contributed by atoms with Crippen LogP contribution in [0.3, 0.4) is 0 Å². The summed E-state index contributed by atoms with van der Waals surface area (Å²) >= 11 is 4.96. The highest BCUT2D eigenvalue weighted by atomic mass is 79.9. The summed E-state index contributed by atoms with van der Waals surface area (Å²) in [6.07, 6.45) is 3.20. The summed E-state index contributed by atoms with van der Waals surface area (Å²) in [5.74, 6) is 0.370. The van der Waals surface area contributed by atoms with E-state index in [9.17, 15) is 4.79 Å². The molecule has 0 aromatic heterocycles. The highest BCUT2D eigenvalue weighted by Gasteiger charge is 2.00. The normalized spacial score (nSPS) is 10.7. The summed E-state index contributed by atoms with van der Waals surface area (Å²) in [5.41, 5.74) is 6.56. The summed E-state index contributed by atoms with van der Waals surface area (Å²) < 4.78 is 5.76. The summed E-state index contributed by atoms with van der Waals surface area (Å²) in [7, 11) is 0. The van der Waals surface area contributed by atoms with Crippen molar-refractivity contribution in [3.8, 4) is 0 Å². The first-order valence-electron chi connectivity index (χ1n) is 5.14. The zero-order valence-corrected chi connectivity index (χ0v) is 11.9. The molecule has 0 bridgehead atoms. The van der Waals surface area contributed by atoms with Gasteiger partial charge >= 0.3 is 5.97 Å². The molecular weight excluding hydrogens is 302 g/mol. The number of nitrogen functional groups attached to an aromatic ring is 1. The molecule has 0 unspecified atom stereocenters. The number of thioether (sulfide) groups is 1. The molecule has 2 N–H and O–H groups in total. The van der Waals surface area contributed by atoms with Gasteiger partial charge in [-0.05, 0) is 25.1 Å². The van der Waals surface area contributed by atoms with E-state index in [0.29, 0.717) is 12.4 Å². The number of nitrogens with two attached hydrogens (primary N) is 1. The molecule has 0 fully saturated rings. The molecule has 17 heavy (non-hydrogen) atoms. The second kappa shape index (κ2) is 7.40. The van der Waals surface area contributed by atoms with Crippen molar-refractivity contribution >= 4 is 39.3 Å². The van der Waals surface area contributed by atoms with Crippen LogP contribution in [-0.4, -0.2) is 18.3 Å². The molecule has 1 rings (SSSR count). The van der Waals surface area contributed by atoms with Gasteiger partial charge in [0.15, 0.2) is 0 Å². The fourth-order valence-corrected chi connectivity index (χ4v) is 2.44. The molecule has 1 aromatic carbocycles. The molecule has 1 aromatic rings. The molecule has 0 aliphatic carbocycles. The number of rotatable bonds is 5. The van der Waals surface area contributed by atoms with Crippen molar-refractivity contribution in [2.75, 3.05) is 18.1 Å². The van der Waals surface area contributed by atoms with Crippen LogP contribution in [0.1, 0.15) is 6.92 Å². The molecule has 0 saturated heterocycles. The standard InChI is InChI=1S/C12H14BrNO2S/c1-2-16-12(15)4-3-7-17-11-8-9(13)5-6-10(11)14/h3-6,8H,2,7,14H2,1H3/b4-3+. The predicted octanol–water partition coefficient (Wildman–Crippen LogP) is 3.24. The van der Waals surface area contributed by atoms with E-state index >= 15 is 0 Å². The maximum Gasteiger partial charge on any atom is 0.330 e. The van der Waals surface area contributed by atoms with Crippen LogP contribution < -0.4 is 5.73 Å². The Kier molecular flexibility index (Phi) is 6.15. The van der Waals surface area contributed by atoms with E-state index in [4.69, 9.17) is 10.5 Å². The number of esters is 1. The zero-order chi connectivity index (χ0) is 12.7. The number of ether oxygens (including phenoxy) is 1. The van der Waals surface area contributed by atoms with Crippen molar-refractivity contribution in [2.45, 2.75) is 11.8 Å². The lowest BCUT2D eigenvalue weighted by Gasteiger charge is -2.03. The SMILES string of the molecule is CCOC(=O)/C=C/CSc1cc(Br)ccc1N. The van der Waals surface area contributed by atoms with Gasteiger partial charge in [0.2, 0.25) is 0 Å². The van der Waals surface area contributed by atoms with Crippen LogP contribution in [0.15, 0.2) is 39.7 Å². The number of halogens is 1. The maximum atomic E-state index is 11.0. The Bertz CT molecular complexity index is 421. The summed E-state index contributed by atoms with van der Waals surface area (Å²) in [6, 6.07) is 5.70. The van der Waals surface area contributed by atoms with E-state index in [1.165, 1.54) is 6.08 Å². The average molecular weight is 316 g/mol. The quantitative estimate of drug-likeness (QED) is 0.392. The molecule has 0 amide bonds. The van der Waals surface area contributed by atoms with Crippen LogP contribution in [0.25, 0.3) is 0 Å². The van der Waals surface area contributed by atoms with Crippen LogP contribution in [0.5, 0.6) is 0 Å². The molecule has 0 atom stereocenters. The fraction of sp³-hybridized carbons (Fsp3) is 0.250. The van der Waals surface area contributed by atoms with Gasteiger partial charge in [-0.15, -0.1) is 11.8 Å². The Morgan fingerprint density at radius 2 is 2.35 bits per heavy atom. The van der Waals surface area contributed by atoms with Crippen LogP contribution >= 0.6 is 27.7 Å². The first-order valence-corrected chi connectivity index (χ1v) is 6.92. The van der Waals surface area contributed by atoms with Crippen molar-refractivity contribution in [3.05, 3.63) is 34.8 Å². The van der Waals surface area contributed by atoms with E-state index in [1.807, 2.05) is 18.2 Å². The molecule has 0 aliphatic heterocycles. The van der Waals surface area contributed by atoms with Gasteiger partial charge in [0.05, 0.1) is 6.61 Å². The van der Waals surface area contributed by atoms with Crippen molar-refractivity contribution in [3.63, 3.8) is 0 Å². The number of hydrogen-bond acceptors (Lipinski definition) is 4. The minimum atomic E-state index is -0.310. The smallest absolute Gasteiger partial charge is 0.330 e. The Morgan fingerprint density at radius 3 is 3.06 bits per heavy atom. The monoisotopic (exact) mass is 315 g/mol. The minimum absolute atomic E-state index is 0.310. The summed E-state index contributed by atoms with van der Waals surface area (Å²) in [6.45, 7) is 2.18. The molecule has 5 heteroatoms. The number of anilines is 1. The third kappa shape index (κ3) is 5.28. The minimum Gasteiger partial charge on any atom is -0.463 e. The molecule has 0 aliphatic rings. The van der Waals surface area contributed by atoms with Crippen LogP contribution in [0, 0.1) is 0 Å². The Balaban J connectivity index is 2.45. The van der Waals surface area contributed by atoms with Crippen LogP contribution in [0.4, 0.5) is 5.69 Å². The van der Waals surface area contributed by atoms with E-state index in [0.717, 1.165) is 15.1 Å². The van der Waals surface area contributed by atoms with Gasteiger partial charge in [0, 0.05) is 26.9 Å². The van der Waals surface area contributed by atoms with E-state index in [1.54, 1.807) is 24.8 Å². The highest BCUT2D eigenvalue weighted by molar-refractivity contribution is 9.10. The molecule has 0 saturated carbocycles. The van der Waals surface area contributed by atoms with Crippen LogP contribution in [-0.2, 0) is 9.53 Å². The van der Waals surface area contributed by atoms with Gasteiger partial charge in [0.1, 0.15) is 0 Å². The summed E-state index contributed by atoms with van der Waals surface area (Å²) in [4.78, 5) is 12.0. The number of carbonyl (C=O) groups is 1. The first-order chi connectivity index (χ1) is 8.13. The van der Waals surface area contributed by atoms with Crippen LogP contribution in [0.2, 0.25) is 0 Å². The number of carbonyl (C=O) groups excluding carboxylic acids is 1. The number of hydrogen-bond donors (Lipinski definition) is 1. The van der Waals surface area contributed by atoms with Gasteiger partial charge in [-0.25, -0.2) is 4.79 Å². The first kappa shape index (κ1) is 14.1. The molecule has 0 heterocycles. The maximum absolute atomic E-state index is 11.0. The lowest BCUT2D eigenvalue weighted by Crippen LogP contribution is -1.98. The van der Waals surface area contributed by atoms with Gasteiger partial charge in [-0.2, -0.15) is 0 Å². The van der Waals surface area contributed by atoms with E-state index < -0.39 is 0 Å². The third-order valence-corrected chi connectivity index (χ3v) is 3.37. The van der Waals surface area contributed by atoms with Crippen molar-refractivity contribution in [1.82, 2.24) is 0 Å². The zero-order valence-electron chi connectivity index (χ0n) is 9.48. The van der Waals surface area contributed by atoms with Gasteiger partial charge in [-0.3, -0.25) is 0 Å². The molecule has 3 nitrogen and oxygen atoms in total. The fourth-order valence-electron chi connectivity index (χ4n) is 1.11. The topological polar surface area (TPSA) is 52.3 Å². The predicted molar refractivity (Wildman–Crippen MR) is 75.1 cm³/mol. The third-order valence-electron chi connectivity index (χ3n) is 1.85. The van der Waals surface area contributed by atoms with E-state index in [2.05, 4.69) is 15.9 Å². The Labute approximate surface area is 114 Å². The van der Waals surface area contributed by atoms with Crippen molar-refractivity contribution in [1.29, 1.82) is 0 Å². The second-order valence-corrected chi connectivity index (χ2v) is 5.13.